The fourth-order valence-corrected chi connectivity index (χ4v) is 2.93. The van der Waals surface area contributed by atoms with Crippen molar-refractivity contribution in [2.75, 3.05) is 18.5 Å². The lowest BCUT2D eigenvalue weighted by atomic mass is 10.1. The summed E-state index contributed by atoms with van der Waals surface area (Å²) in [6.45, 7) is 4.82. The van der Waals surface area contributed by atoms with Gasteiger partial charge in [0, 0.05) is 17.1 Å². The first kappa shape index (κ1) is 16.0. The topological polar surface area (TPSA) is 15.3 Å². The molecule has 1 N–H and O–H groups in total. The highest BCUT2D eigenvalue weighted by Gasteiger charge is 2.15. The Bertz CT molecular complexity index is 615. The van der Waals surface area contributed by atoms with Gasteiger partial charge in [-0.25, -0.2) is 4.39 Å². The van der Waals surface area contributed by atoms with Crippen molar-refractivity contribution in [3.63, 3.8) is 0 Å². The van der Waals surface area contributed by atoms with Crippen LogP contribution in [0.25, 0.3) is 0 Å². The molecule has 2 nitrogen and oxygen atoms in total. The van der Waals surface area contributed by atoms with Crippen molar-refractivity contribution in [2.45, 2.75) is 19.9 Å². The summed E-state index contributed by atoms with van der Waals surface area (Å²) in [7, 11) is 1.93. The summed E-state index contributed by atoms with van der Waals surface area (Å²) in [5.41, 5.74) is 2.75. The van der Waals surface area contributed by atoms with Crippen molar-refractivity contribution < 1.29 is 4.39 Å². The molecule has 0 heterocycles. The summed E-state index contributed by atoms with van der Waals surface area (Å²) in [4.78, 5) is 1.97. The minimum absolute atomic E-state index is 0.209. The predicted octanol–water partition coefficient (Wildman–Crippen LogP) is 5.03. The standard InChI is InChI=1S/C17H20BrFN2/c1-4-21(17-8-6-5-7-15(17)19)16-10-9-13(11-14(16)18)12(2)20-3/h5-12,20H,4H2,1-3H3. The molecule has 2 rings (SSSR count). The number of hydrogen-bond donors (Lipinski definition) is 1. The summed E-state index contributed by atoms with van der Waals surface area (Å²) in [6.07, 6.45) is 0. The molecule has 0 fully saturated rings. The number of nitrogens with zero attached hydrogens (tertiary/aromatic N) is 1. The first-order valence-corrected chi connectivity index (χ1v) is 7.86. The van der Waals surface area contributed by atoms with Crippen LogP contribution in [0.4, 0.5) is 15.8 Å². The molecule has 21 heavy (non-hydrogen) atoms. The van der Waals surface area contributed by atoms with E-state index in [4.69, 9.17) is 0 Å². The van der Waals surface area contributed by atoms with Crippen LogP contribution < -0.4 is 10.2 Å². The quantitative estimate of drug-likeness (QED) is 0.813. The third-order valence-corrected chi connectivity index (χ3v) is 4.29. The highest BCUT2D eigenvalue weighted by Crippen LogP contribution is 2.34. The average molecular weight is 351 g/mol. The second-order valence-electron chi connectivity index (χ2n) is 4.92. The smallest absolute Gasteiger partial charge is 0.146 e. The van der Waals surface area contributed by atoms with Gasteiger partial charge in [0.1, 0.15) is 5.82 Å². The number of hydrogen-bond acceptors (Lipinski definition) is 2. The van der Waals surface area contributed by atoms with E-state index in [1.165, 1.54) is 11.6 Å². The molecule has 0 radical (unpaired) electrons. The summed E-state index contributed by atoms with van der Waals surface area (Å²) < 4.78 is 15.0. The first-order chi connectivity index (χ1) is 10.1. The van der Waals surface area contributed by atoms with Gasteiger partial charge in [0.05, 0.1) is 11.4 Å². The van der Waals surface area contributed by atoms with Crippen LogP contribution in [-0.2, 0) is 0 Å². The van der Waals surface area contributed by atoms with Gasteiger partial charge in [0.2, 0.25) is 0 Å². The van der Waals surface area contributed by atoms with Crippen molar-refractivity contribution in [3.05, 3.63) is 58.3 Å². The van der Waals surface area contributed by atoms with E-state index in [1.807, 2.05) is 31.0 Å². The molecule has 0 aliphatic heterocycles. The molecule has 0 aliphatic rings. The van der Waals surface area contributed by atoms with Crippen LogP contribution in [0.5, 0.6) is 0 Å². The summed E-state index contributed by atoms with van der Waals surface area (Å²) in [5.74, 6) is -0.209. The van der Waals surface area contributed by atoms with Gasteiger partial charge in [0.25, 0.3) is 0 Å². The van der Waals surface area contributed by atoms with Crippen molar-refractivity contribution in [1.29, 1.82) is 0 Å². The molecule has 2 aromatic rings. The largest absolute Gasteiger partial charge is 0.338 e. The van der Waals surface area contributed by atoms with Gasteiger partial charge in [-0.05, 0) is 66.7 Å². The SMILES string of the molecule is CCN(c1ccccc1F)c1ccc(C(C)NC)cc1Br. The summed E-state index contributed by atoms with van der Waals surface area (Å²) >= 11 is 3.62. The van der Waals surface area contributed by atoms with Gasteiger partial charge in [-0.3, -0.25) is 0 Å². The molecule has 0 amide bonds. The number of rotatable bonds is 5. The maximum Gasteiger partial charge on any atom is 0.146 e. The summed E-state index contributed by atoms with van der Waals surface area (Å²) in [5, 5.41) is 3.22. The molecule has 0 saturated carbocycles. The maximum atomic E-state index is 14.0. The van der Waals surface area contributed by atoms with Gasteiger partial charge < -0.3 is 10.2 Å². The number of nitrogens with one attached hydrogen (secondary N) is 1. The zero-order valence-electron chi connectivity index (χ0n) is 12.5. The Morgan fingerprint density at radius 3 is 2.48 bits per heavy atom. The minimum Gasteiger partial charge on any atom is -0.338 e. The Balaban J connectivity index is 2.42. The van der Waals surface area contributed by atoms with E-state index in [0.717, 1.165) is 10.2 Å². The van der Waals surface area contributed by atoms with Crippen LogP contribution in [0.2, 0.25) is 0 Å². The third kappa shape index (κ3) is 3.44. The highest BCUT2D eigenvalue weighted by atomic mass is 79.9. The third-order valence-electron chi connectivity index (χ3n) is 3.66. The fourth-order valence-electron chi connectivity index (χ4n) is 2.32. The lowest BCUT2D eigenvalue weighted by Crippen LogP contribution is -2.18. The number of para-hydroxylation sites is 1. The molecule has 4 heteroatoms. The molecule has 0 aliphatic carbocycles. The molecule has 2 aromatic carbocycles. The van der Waals surface area contributed by atoms with Gasteiger partial charge in [0.15, 0.2) is 0 Å². The Labute approximate surface area is 134 Å². The second-order valence-corrected chi connectivity index (χ2v) is 5.77. The van der Waals surface area contributed by atoms with Crippen molar-refractivity contribution in [3.8, 4) is 0 Å². The zero-order chi connectivity index (χ0) is 15.4. The monoisotopic (exact) mass is 350 g/mol. The van der Waals surface area contributed by atoms with E-state index in [0.29, 0.717) is 12.2 Å². The van der Waals surface area contributed by atoms with Crippen LogP contribution >= 0.6 is 15.9 Å². The van der Waals surface area contributed by atoms with E-state index in [-0.39, 0.29) is 11.9 Å². The van der Waals surface area contributed by atoms with E-state index in [9.17, 15) is 4.39 Å². The van der Waals surface area contributed by atoms with Gasteiger partial charge in [-0.15, -0.1) is 0 Å². The van der Waals surface area contributed by atoms with Crippen LogP contribution in [0.3, 0.4) is 0 Å². The maximum absolute atomic E-state index is 14.0. The van der Waals surface area contributed by atoms with Crippen molar-refractivity contribution in [1.82, 2.24) is 5.32 Å². The Morgan fingerprint density at radius 1 is 1.19 bits per heavy atom. The van der Waals surface area contributed by atoms with Crippen molar-refractivity contribution >= 4 is 27.3 Å². The normalized spacial score (nSPS) is 12.2. The zero-order valence-corrected chi connectivity index (χ0v) is 14.1. The number of benzene rings is 2. The van der Waals surface area contributed by atoms with Crippen LogP contribution in [0, 0.1) is 5.82 Å². The van der Waals surface area contributed by atoms with E-state index < -0.39 is 0 Å². The van der Waals surface area contributed by atoms with Crippen LogP contribution in [-0.4, -0.2) is 13.6 Å². The second kappa shape index (κ2) is 7.05. The van der Waals surface area contributed by atoms with Gasteiger partial charge >= 0.3 is 0 Å². The van der Waals surface area contributed by atoms with Gasteiger partial charge in [-0.2, -0.15) is 0 Å². The van der Waals surface area contributed by atoms with E-state index >= 15 is 0 Å². The van der Waals surface area contributed by atoms with E-state index in [2.05, 4.69) is 40.3 Å². The number of anilines is 2. The molecular weight excluding hydrogens is 331 g/mol. The van der Waals surface area contributed by atoms with Crippen LogP contribution in [0.1, 0.15) is 25.5 Å². The van der Waals surface area contributed by atoms with E-state index in [1.54, 1.807) is 12.1 Å². The molecule has 1 unspecified atom stereocenters. The number of halogens is 2. The minimum atomic E-state index is -0.209. The fraction of sp³-hybridized carbons (Fsp3) is 0.294. The highest BCUT2D eigenvalue weighted by molar-refractivity contribution is 9.10. The molecule has 1 atom stereocenters. The molecule has 0 spiro atoms. The lowest BCUT2D eigenvalue weighted by molar-refractivity contribution is 0.625. The Hall–Kier alpha value is -1.39. The molecule has 112 valence electrons. The van der Waals surface area contributed by atoms with Crippen molar-refractivity contribution in [2.24, 2.45) is 0 Å². The van der Waals surface area contributed by atoms with Gasteiger partial charge in [-0.1, -0.05) is 18.2 Å². The Kier molecular flexibility index (Phi) is 5.37. The Morgan fingerprint density at radius 2 is 1.90 bits per heavy atom. The predicted molar refractivity (Wildman–Crippen MR) is 90.7 cm³/mol. The van der Waals surface area contributed by atoms with Crippen LogP contribution in [0.15, 0.2) is 46.9 Å². The molecule has 0 aromatic heterocycles. The first-order valence-electron chi connectivity index (χ1n) is 7.07. The lowest BCUT2D eigenvalue weighted by Gasteiger charge is -2.25. The molecular formula is C17H20BrFN2. The average Bonchev–Trinajstić information content (AvgIpc) is 2.50. The summed E-state index contributed by atoms with van der Waals surface area (Å²) in [6, 6.07) is 13.3. The molecule has 0 saturated heterocycles. The molecule has 0 bridgehead atoms.